The van der Waals surface area contributed by atoms with Crippen molar-refractivity contribution in [2.45, 2.75) is 0 Å². The van der Waals surface area contributed by atoms with E-state index in [0.717, 1.165) is 11.4 Å². The molecule has 0 aliphatic carbocycles. The van der Waals surface area contributed by atoms with Gasteiger partial charge in [0.15, 0.2) is 5.82 Å². The van der Waals surface area contributed by atoms with Crippen molar-refractivity contribution in [3.05, 3.63) is 30.5 Å². The molecular weight excluding hydrogens is 214 g/mol. The Bertz CT molecular complexity index is 515. The maximum Gasteiger partial charge on any atom is 0.175 e. The highest BCUT2D eigenvalue weighted by Crippen LogP contribution is 2.28. The number of benzene rings is 1. The number of nitrogens with zero attached hydrogens (tertiary/aromatic N) is 3. The number of aryl methyl sites for hydroxylation is 1. The zero-order valence-electron chi connectivity index (χ0n) is 10.3. The lowest BCUT2D eigenvalue weighted by atomic mass is 10.2. The lowest BCUT2D eigenvalue weighted by Crippen LogP contribution is -2.11. The number of hydrogen-bond acceptors (Lipinski definition) is 4. The maximum absolute atomic E-state index is 5.86. The second-order valence-electron chi connectivity index (χ2n) is 4.14. The molecule has 0 atom stereocenters. The van der Waals surface area contributed by atoms with Crippen molar-refractivity contribution in [1.82, 2.24) is 9.78 Å². The van der Waals surface area contributed by atoms with Crippen LogP contribution in [-0.2, 0) is 7.05 Å². The average Bonchev–Trinajstić information content (AvgIpc) is 2.58. The predicted molar refractivity (Wildman–Crippen MR) is 71.7 cm³/mol. The molecule has 17 heavy (non-hydrogen) atoms. The van der Waals surface area contributed by atoms with Crippen LogP contribution in [0.25, 0.3) is 0 Å². The molecule has 0 spiro atoms. The molecule has 0 aliphatic heterocycles. The summed E-state index contributed by atoms with van der Waals surface area (Å²) in [4.78, 5) is 2.04. The molecule has 0 saturated carbocycles. The highest BCUT2D eigenvalue weighted by Gasteiger charge is 2.08. The summed E-state index contributed by atoms with van der Waals surface area (Å²) in [6, 6.07) is 8.03. The monoisotopic (exact) mass is 231 g/mol. The van der Waals surface area contributed by atoms with E-state index in [1.165, 1.54) is 0 Å². The summed E-state index contributed by atoms with van der Waals surface area (Å²) >= 11 is 0. The van der Waals surface area contributed by atoms with E-state index in [-0.39, 0.29) is 0 Å². The van der Waals surface area contributed by atoms with Crippen LogP contribution in [0.15, 0.2) is 30.5 Å². The van der Waals surface area contributed by atoms with Gasteiger partial charge in [-0.25, -0.2) is 0 Å². The van der Waals surface area contributed by atoms with Gasteiger partial charge in [-0.1, -0.05) is 12.1 Å². The number of aromatic nitrogens is 2. The summed E-state index contributed by atoms with van der Waals surface area (Å²) in [6.07, 6.45) is 1.78. The molecule has 3 N–H and O–H groups in total. The molecule has 5 nitrogen and oxygen atoms in total. The number of anilines is 4. The molecule has 2 aromatic rings. The summed E-state index contributed by atoms with van der Waals surface area (Å²) in [5.41, 5.74) is 8.58. The number of nitrogen functional groups attached to an aromatic ring is 1. The fourth-order valence-corrected chi connectivity index (χ4v) is 1.70. The van der Waals surface area contributed by atoms with Crippen LogP contribution >= 0.6 is 0 Å². The van der Waals surface area contributed by atoms with E-state index in [2.05, 4.69) is 10.4 Å². The van der Waals surface area contributed by atoms with Crippen LogP contribution in [0.4, 0.5) is 22.9 Å². The second-order valence-corrected chi connectivity index (χ2v) is 4.14. The molecule has 1 heterocycles. The minimum Gasteiger partial charge on any atom is -0.394 e. The molecule has 1 aromatic heterocycles. The first-order chi connectivity index (χ1) is 8.08. The number of hydrogen-bond donors (Lipinski definition) is 2. The van der Waals surface area contributed by atoms with Crippen LogP contribution < -0.4 is 16.0 Å². The van der Waals surface area contributed by atoms with Crippen molar-refractivity contribution in [2.75, 3.05) is 30.0 Å². The lowest BCUT2D eigenvalue weighted by Gasteiger charge is -2.17. The third-order valence-electron chi connectivity index (χ3n) is 2.50. The number of nitrogens with one attached hydrogen (secondary N) is 1. The first-order valence-electron chi connectivity index (χ1n) is 5.40. The van der Waals surface area contributed by atoms with Crippen LogP contribution in [0.5, 0.6) is 0 Å². The standard InChI is InChI=1S/C12H17N5/c1-16(2)11-7-5-4-6-10(11)14-12-9(13)8-17(3)15-12/h4-8H,13H2,1-3H3,(H,14,15). The fourth-order valence-electron chi connectivity index (χ4n) is 1.70. The highest BCUT2D eigenvalue weighted by atomic mass is 15.3. The van der Waals surface area contributed by atoms with E-state index in [0.29, 0.717) is 11.5 Å². The Labute approximate surface area is 101 Å². The Kier molecular flexibility index (Phi) is 2.91. The smallest absolute Gasteiger partial charge is 0.175 e. The van der Waals surface area contributed by atoms with E-state index in [9.17, 15) is 0 Å². The van der Waals surface area contributed by atoms with E-state index >= 15 is 0 Å². The van der Waals surface area contributed by atoms with Crippen molar-refractivity contribution in [2.24, 2.45) is 7.05 Å². The van der Waals surface area contributed by atoms with Gasteiger partial charge in [-0.2, -0.15) is 5.10 Å². The summed E-state index contributed by atoms with van der Waals surface area (Å²) in [7, 11) is 5.85. The largest absolute Gasteiger partial charge is 0.394 e. The van der Waals surface area contributed by atoms with Crippen LogP contribution in [0, 0.1) is 0 Å². The number of para-hydroxylation sites is 2. The van der Waals surface area contributed by atoms with Gasteiger partial charge >= 0.3 is 0 Å². The van der Waals surface area contributed by atoms with Gasteiger partial charge < -0.3 is 16.0 Å². The molecule has 0 saturated heterocycles. The van der Waals surface area contributed by atoms with Crippen LogP contribution in [0.2, 0.25) is 0 Å². The van der Waals surface area contributed by atoms with E-state index in [1.807, 2.05) is 50.3 Å². The van der Waals surface area contributed by atoms with Crippen molar-refractivity contribution >= 4 is 22.9 Å². The quantitative estimate of drug-likeness (QED) is 0.845. The minimum absolute atomic E-state index is 0.640. The Morgan fingerprint density at radius 1 is 1.29 bits per heavy atom. The summed E-state index contributed by atoms with van der Waals surface area (Å²) in [6.45, 7) is 0. The SMILES string of the molecule is CN(C)c1ccccc1Nc1nn(C)cc1N. The molecule has 2 rings (SSSR count). The van der Waals surface area contributed by atoms with Gasteiger partial charge in [0.05, 0.1) is 17.1 Å². The van der Waals surface area contributed by atoms with E-state index < -0.39 is 0 Å². The van der Waals surface area contributed by atoms with Gasteiger partial charge in [0.25, 0.3) is 0 Å². The Balaban J connectivity index is 2.33. The molecule has 1 aromatic carbocycles. The van der Waals surface area contributed by atoms with Gasteiger partial charge in [0.2, 0.25) is 0 Å². The first-order valence-corrected chi connectivity index (χ1v) is 5.40. The Morgan fingerprint density at radius 2 is 2.00 bits per heavy atom. The number of rotatable bonds is 3. The maximum atomic E-state index is 5.86. The van der Waals surface area contributed by atoms with Gasteiger partial charge in [-0.05, 0) is 12.1 Å². The molecule has 0 unspecified atom stereocenters. The summed E-state index contributed by atoms with van der Waals surface area (Å²) in [5, 5.41) is 7.51. The van der Waals surface area contributed by atoms with Crippen LogP contribution in [-0.4, -0.2) is 23.9 Å². The van der Waals surface area contributed by atoms with E-state index in [1.54, 1.807) is 10.9 Å². The van der Waals surface area contributed by atoms with Crippen molar-refractivity contribution in [3.63, 3.8) is 0 Å². The van der Waals surface area contributed by atoms with Gasteiger partial charge in [0.1, 0.15) is 0 Å². The van der Waals surface area contributed by atoms with E-state index in [4.69, 9.17) is 5.73 Å². The van der Waals surface area contributed by atoms with Gasteiger partial charge in [-0.3, -0.25) is 4.68 Å². The average molecular weight is 231 g/mol. The zero-order valence-corrected chi connectivity index (χ0v) is 10.3. The third-order valence-corrected chi connectivity index (χ3v) is 2.50. The van der Waals surface area contributed by atoms with Gasteiger partial charge in [0, 0.05) is 27.3 Å². The molecule has 0 fully saturated rings. The number of nitrogens with two attached hydrogens (primary N) is 1. The molecular formula is C12H17N5. The Morgan fingerprint density at radius 3 is 2.59 bits per heavy atom. The van der Waals surface area contributed by atoms with Crippen molar-refractivity contribution < 1.29 is 0 Å². The normalized spacial score (nSPS) is 10.3. The third kappa shape index (κ3) is 2.33. The Hall–Kier alpha value is -2.17. The molecule has 0 radical (unpaired) electrons. The predicted octanol–water partition coefficient (Wildman–Crippen LogP) is 1.81. The van der Waals surface area contributed by atoms with Crippen molar-refractivity contribution in [3.8, 4) is 0 Å². The zero-order chi connectivity index (χ0) is 12.4. The summed E-state index contributed by atoms with van der Waals surface area (Å²) < 4.78 is 1.69. The minimum atomic E-state index is 0.640. The summed E-state index contributed by atoms with van der Waals surface area (Å²) in [5.74, 6) is 0.682. The van der Waals surface area contributed by atoms with Crippen LogP contribution in [0.1, 0.15) is 0 Å². The topological polar surface area (TPSA) is 59.1 Å². The molecule has 0 amide bonds. The molecule has 90 valence electrons. The second kappa shape index (κ2) is 4.37. The molecule has 0 bridgehead atoms. The first kappa shape index (κ1) is 11.3. The van der Waals surface area contributed by atoms with Crippen LogP contribution in [0.3, 0.4) is 0 Å². The highest BCUT2D eigenvalue weighted by molar-refractivity contribution is 5.77. The molecule has 0 aliphatic rings. The van der Waals surface area contributed by atoms with Gasteiger partial charge in [-0.15, -0.1) is 0 Å². The molecule has 5 heteroatoms. The lowest BCUT2D eigenvalue weighted by molar-refractivity contribution is 0.771. The fraction of sp³-hybridized carbons (Fsp3) is 0.250. The van der Waals surface area contributed by atoms with Crippen molar-refractivity contribution in [1.29, 1.82) is 0 Å².